The molecule has 0 spiro atoms. The summed E-state index contributed by atoms with van der Waals surface area (Å²) in [7, 11) is 0. The van der Waals surface area contributed by atoms with E-state index in [9.17, 15) is 32.7 Å². The van der Waals surface area contributed by atoms with Gasteiger partial charge in [-0.3, -0.25) is 14.6 Å². The number of hydrogen-bond donors (Lipinski definition) is 4. The lowest BCUT2D eigenvalue weighted by Crippen LogP contribution is -2.46. The third-order valence-electron chi connectivity index (χ3n) is 5.97. The molecule has 0 saturated carbocycles. The van der Waals surface area contributed by atoms with E-state index in [4.69, 9.17) is 5.73 Å². The van der Waals surface area contributed by atoms with Crippen LogP contribution in [0.25, 0.3) is 0 Å². The Morgan fingerprint density at radius 2 is 1.87 bits per heavy atom. The molecule has 5 N–H and O–H groups in total. The molecule has 9 nitrogen and oxygen atoms in total. The lowest BCUT2D eigenvalue weighted by molar-refractivity contribution is -0.138. The van der Waals surface area contributed by atoms with Crippen molar-refractivity contribution in [2.24, 2.45) is 11.7 Å². The fourth-order valence-corrected chi connectivity index (χ4v) is 5.09. The van der Waals surface area contributed by atoms with Crippen molar-refractivity contribution >= 4 is 47.6 Å². The minimum Gasteiger partial charge on any atom is -0.480 e. The number of aliphatic carboxylic acids is 1. The van der Waals surface area contributed by atoms with Gasteiger partial charge in [-0.15, -0.1) is 24.2 Å². The van der Waals surface area contributed by atoms with E-state index in [1.54, 1.807) is 26.0 Å². The first-order chi connectivity index (χ1) is 18.0. The molecule has 1 aliphatic heterocycles. The highest BCUT2D eigenvalue weighted by Crippen LogP contribution is 2.25. The van der Waals surface area contributed by atoms with Crippen molar-refractivity contribution < 1.29 is 32.7 Å². The van der Waals surface area contributed by atoms with Crippen LogP contribution in [-0.2, 0) is 27.3 Å². The molecule has 1 aromatic carbocycles. The normalized spacial score (nSPS) is 16.4. The minimum absolute atomic E-state index is 0. The summed E-state index contributed by atoms with van der Waals surface area (Å²) in [5.74, 6) is -4.82. The van der Waals surface area contributed by atoms with Crippen molar-refractivity contribution in [2.75, 3.05) is 17.6 Å². The molecule has 1 aliphatic rings. The highest BCUT2D eigenvalue weighted by molar-refractivity contribution is 8.00. The first-order valence-electron chi connectivity index (χ1n) is 12.0. The fraction of sp³-hybridized carbons (Fsp3) is 0.440. The number of carbonyl (C=O) groups excluding carboxylic acids is 2. The number of aromatic nitrogens is 1. The second kappa shape index (κ2) is 14.4. The average Bonchev–Trinajstić information content (AvgIpc) is 3.35. The number of benzene rings is 1. The van der Waals surface area contributed by atoms with E-state index in [-0.39, 0.29) is 43.3 Å². The van der Waals surface area contributed by atoms with Crippen molar-refractivity contribution in [2.45, 2.75) is 50.7 Å². The molecule has 0 aliphatic carbocycles. The number of pyridine rings is 1. The van der Waals surface area contributed by atoms with Gasteiger partial charge in [-0.1, -0.05) is 13.8 Å². The van der Waals surface area contributed by atoms with E-state index >= 15 is 0 Å². The van der Waals surface area contributed by atoms with Crippen LogP contribution in [-0.4, -0.2) is 62.5 Å². The van der Waals surface area contributed by atoms with Crippen LogP contribution in [0.4, 0.5) is 18.9 Å². The molecule has 0 radical (unpaired) electrons. The Kier molecular flexibility index (Phi) is 11.9. The van der Waals surface area contributed by atoms with Crippen LogP contribution in [0.5, 0.6) is 0 Å². The second-order valence-corrected chi connectivity index (χ2v) is 10.5. The van der Waals surface area contributed by atoms with Gasteiger partial charge in [-0.25, -0.2) is 18.0 Å². The van der Waals surface area contributed by atoms with Gasteiger partial charge in [-0.2, -0.15) is 0 Å². The van der Waals surface area contributed by atoms with Gasteiger partial charge in [0.1, 0.15) is 11.9 Å². The molecule has 2 amide bonds. The Labute approximate surface area is 234 Å². The average molecular weight is 590 g/mol. The van der Waals surface area contributed by atoms with Crippen molar-refractivity contribution in [1.82, 2.24) is 15.2 Å². The number of nitrogens with two attached hydrogens (primary N) is 1. The first-order valence-corrected chi connectivity index (χ1v) is 13.0. The lowest BCUT2D eigenvalue weighted by atomic mass is 10.0. The van der Waals surface area contributed by atoms with Crippen LogP contribution in [0, 0.1) is 23.4 Å². The zero-order valence-electron chi connectivity index (χ0n) is 21.3. The molecule has 2 aromatic rings. The molecule has 1 aromatic heterocycles. The van der Waals surface area contributed by atoms with Crippen LogP contribution in [0.2, 0.25) is 0 Å². The monoisotopic (exact) mass is 589 g/mol. The number of anilines is 1. The first kappa shape index (κ1) is 32.2. The number of thioether (sulfide) groups is 1. The smallest absolute Gasteiger partial charge is 0.326 e. The molecule has 39 heavy (non-hydrogen) atoms. The third-order valence-corrected chi connectivity index (χ3v) is 7.17. The quantitative estimate of drug-likeness (QED) is 0.294. The number of nitrogens with zero attached hydrogens (tertiary/aromatic N) is 2. The van der Waals surface area contributed by atoms with Crippen molar-refractivity contribution in [3.63, 3.8) is 0 Å². The van der Waals surface area contributed by atoms with E-state index < -0.39 is 52.7 Å². The van der Waals surface area contributed by atoms with Crippen LogP contribution >= 0.6 is 24.2 Å². The Bertz CT molecular complexity index is 1180. The zero-order chi connectivity index (χ0) is 28.0. The number of rotatable bonds is 11. The number of carboxylic acids is 1. The van der Waals surface area contributed by atoms with Gasteiger partial charge in [0.25, 0.3) is 5.91 Å². The van der Waals surface area contributed by atoms with E-state index in [1.165, 1.54) is 22.9 Å². The largest absolute Gasteiger partial charge is 0.480 e. The van der Waals surface area contributed by atoms with Crippen LogP contribution in [0.3, 0.4) is 0 Å². The number of halogens is 4. The summed E-state index contributed by atoms with van der Waals surface area (Å²) in [5, 5.41) is 14.2. The Morgan fingerprint density at radius 1 is 1.18 bits per heavy atom. The second-order valence-electron chi connectivity index (χ2n) is 9.30. The molecule has 1 fully saturated rings. The highest BCUT2D eigenvalue weighted by Gasteiger charge is 2.35. The summed E-state index contributed by atoms with van der Waals surface area (Å²) in [6.45, 7) is 4.00. The van der Waals surface area contributed by atoms with E-state index in [0.717, 1.165) is 6.07 Å². The van der Waals surface area contributed by atoms with Gasteiger partial charge >= 0.3 is 5.97 Å². The highest BCUT2D eigenvalue weighted by atomic mass is 35.5. The summed E-state index contributed by atoms with van der Waals surface area (Å²) in [6.07, 6.45) is 1.11. The number of carbonyl (C=O) groups is 3. The minimum atomic E-state index is -1.31. The van der Waals surface area contributed by atoms with Crippen LogP contribution in [0.1, 0.15) is 31.5 Å². The summed E-state index contributed by atoms with van der Waals surface area (Å²) in [5.41, 5.74) is 6.92. The van der Waals surface area contributed by atoms with Gasteiger partial charge in [-0.05, 0) is 36.1 Å². The van der Waals surface area contributed by atoms with Gasteiger partial charge in [0.05, 0.1) is 24.1 Å². The third kappa shape index (κ3) is 8.73. The molecule has 0 unspecified atom stereocenters. The molecule has 0 bridgehead atoms. The maximum Gasteiger partial charge on any atom is 0.326 e. The van der Waals surface area contributed by atoms with Gasteiger partial charge < -0.3 is 26.4 Å². The molecule has 2 heterocycles. The predicted octanol–water partition coefficient (Wildman–Crippen LogP) is 2.92. The Balaban J connectivity index is 0.00000533. The van der Waals surface area contributed by atoms with Crippen molar-refractivity contribution in [3.8, 4) is 0 Å². The predicted molar refractivity (Wildman–Crippen MR) is 144 cm³/mol. The molecule has 1 saturated heterocycles. The summed E-state index contributed by atoms with van der Waals surface area (Å²) in [6, 6.07) is 2.86. The van der Waals surface area contributed by atoms with Crippen molar-refractivity contribution in [1.29, 1.82) is 0 Å². The molecule has 14 heteroatoms. The number of hydrogen-bond acceptors (Lipinski definition) is 7. The molecular weight excluding hydrogens is 559 g/mol. The van der Waals surface area contributed by atoms with E-state index in [2.05, 4.69) is 15.6 Å². The standard InChI is InChI=1S/C25H30F3N5O4S.ClH/c1-13(2)22(25(36)37)32-17-4-3-16(30-12-17)11-31-23(35)24-33(5-6-38-24)21(34)9-15(29)7-14-8-19(27)20(28)10-18(14)26;/h3-4,8,10,12-13,15,22,24,32H,5-7,9,11,29H2,1-2H3,(H,31,35)(H,36,37);1H/t15-,22+,24+;/m1./s1. The summed E-state index contributed by atoms with van der Waals surface area (Å²) in [4.78, 5) is 42.6. The van der Waals surface area contributed by atoms with Gasteiger partial charge in [0.2, 0.25) is 5.91 Å². The summed E-state index contributed by atoms with van der Waals surface area (Å²) >= 11 is 1.29. The van der Waals surface area contributed by atoms with Gasteiger partial charge in [0, 0.05) is 30.8 Å². The van der Waals surface area contributed by atoms with E-state index in [0.29, 0.717) is 29.7 Å². The fourth-order valence-electron chi connectivity index (χ4n) is 3.93. The molecule has 3 atom stereocenters. The number of carboxylic acid groups (broad SMARTS) is 1. The van der Waals surface area contributed by atoms with Crippen LogP contribution in [0.15, 0.2) is 30.5 Å². The molecular formula is C25H31ClF3N5O4S. The zero-order valence-corrected chi connectivity index (χ0v) is 23.0. The van der Waals surface area contributed by atoms with Crippen molar-refractivity contribution in [3.05, 3.63) is 59.2 Å². The topological polar surface area (TPSA) is 138 Å². The lowest BCUT2D eigenvalue weighted by Gasteiger charge is -2.24. The van der Waals surface area contributed by atoms with E-state index in [1.807, 2.05) is 0 Å². The molecule has 214 valence electrons. The number of nitrogens with one attached hydrogen (secondary N) is 2. The van der Waals surface area contributed by atoms with Gasteiger partial charge in [0.15, 0.2) is 17.0 Å². The number of amides is 2. The molecule has 3 rings (SSSR count). The maximum absolute atomic E-state index is 13.9. The SMILES string of the molecule is CC(C)[C@H](Nc1ccc(CNC(=O)[C@@H]2SCCN2C(=O)C[C@H](N)Cc2cc(F)c(F)cc2F)nc1)C(=O)O.Cl. The maximum atomic E-state index is 13.9. The van der Waals surface area contributed by atoms with Crippen LogP contribution < -0.4 is 16.4 Å². The Hall–Kier alpha value is -3.03. The summed E-state index contributed by atoms with van der Waals surface area (Å²) < 4.78 is 40.5. The Morgan fingerprint density at radius 3 is 2.49 bits per heavy atom.